The summed E-state index contributed by atoms with van der Waals surface area (Å²) in [5, 5.41) is 13.3. The van der Waals surface area contributed by atoms with Crippen LogP contribution in [-0.2, 0) is 9.47 Å². The van der Waals surface area contributed by atoms with E-state index in [0.29, 0.717) is 31.4 Å². The van der Waals surface area contributed by atoms with Gasteiger partial charge in [0, 0.05) is 19.2 Å². The van der Waals surface area contributed by atoms with Crippen molar-refractivity contribution in [3.63, 3.8) is 0 Å². The van der Waals surface area contributed by atoms with Crippen LogP contribution in [0.25, 0.3) is 0 Å². The van der Waals surface area contributed by atoms with E-state index in [1.165, 1.54) is 12.8 Å². The predicted octanol–water partition coefficient (Wildman–Crippen LogP) is 1.46. The van der Waals surface area contributed by atoms with Crippen LogP contribution in [0.5, 0.6) is 0 Å². The lowest BCUT2D eigenvalue weighted by molar-refractivity contribution is -0.0132. The van der Waals surface area contributed by atoms with Gasteiger partial charge >= 0.3 is 0 Å². The minimum atomic E-state index is -0.385. The topological polar surface area (TPSA) is 50.7 Å². The highest BCUT2D eigenvalue weighted by Gasteiger charge is 2.20. The molecule has 2 fully saturated rings. The quantitative estimate of drug-likeness (QED) is 0.756. The highest BCUT2D eigenvalue weighted by molar-refractivity contribution is 4.76. The van der Waals surface area contributed by atoms with Gasteiger partial charge in [-0.3, -0.25) is 0 Å². The van der Waals surface area contributed by atoms with E-state index >= 15 is 0 Å². The maximum absolute atomic E-state index is 9.89. The standard InChI is InChI=1S/C14H27NO3/c1-11-8-12(6-7-17-11)15-9-13(16)10-18-14-4-2-3-5-14/h11-16H,2-10H2,1H3. The van der Waals surface area contributed by atoms with Gasteiger partial charge in [-0.05, 0) is 32.6 Å². The van der Waals surface area contributed by atoms with E-state index in [1.807, 2.05) is 0 Å². The first kappa shape index (κ1) is 14.3. The molecule has 1 heterocycles. The lowest BCUT2D eigenvalue weighted by Crippen LogP contribution is -2.42. The summed E-state index contributed by atoms with van der Waals surface area (Å²) in [6.07, 6.45) is 7.30. The summed E-state index contributed by atoms with van der Waals surface area (Å²) >= 11 is 0. The third-order valence-corrected chi connectivity index (χ3v) is 3.95. The Kier molecular flexibility index (Phi) is 5.89. The Balaban J connectivity index is 1.54. The fraction of sp³-hybridized carbons (Fsp3) is 1.00. The number of aliphatic hydroxyl groups excluding tert-OH is 1. The second-order valence-electron chi connectivity index (χ2n) is 5.70. The molecule has 1 aliphatic heterocycles. The minimum Gasteiger partial charge on any atom is -0.389 e. The lowest BCUT2D eigenvalue weighted by Gasteiger charge is -2.29. The van der Waals surface area contributed by atoms with E-state index in [-0.39, 0.29) is 6.10 Å². The summed E-state index contributed by atoms with van der Waals surface area (Å²) in [6, 6.07) is 0.481. The summed E-state index contributed by atoms with van der Waals surface area (Å²) in [5.74, 6) is 0. The molecule has 106 valence electrons. The second kappa shape index (κ2) is 7.43. The van der Waals surface area contributed by atoms with Crippen LogP contribution in [0.4, 0.5) is 0 Å². The first-order chi connectivity index (χ1) is 8.74. The molecule has 2 rings (SSSR count). The first-order valence-corrected chi connectivity index (χ1v) is 7.38. The molecule has 4 nitrogen and oxygen atoms in total. The lowest BCUT2D eigenvalue weighted by atomic mass is 10.0. The van der Waals surface area contributed by atoms with Crippen molar-refractivity contribution in [1.82, 2.24) is 5.32 Å². The first-order valence-electron chi connectivity index (χ1n) is 7.38. The van der Waals surface area contributed by atoms with Gasteiger partial charge in [-0.25, -0.2) is 0 Å². The van der Waals surface area contributed by atoms with Crippen molar-refractivity contribution in [3.05, 3.63) is 0 Å². The van der Waals surface area contributed by atoms with Gasteiger partial charge in [-0.15, -0.1) is 0 Å². The highest BCUT2D eigenvalue weighted by atomic mass is 16.5. The summed E-state index contributed by atoms with van der Waals surface area (Å²) in [4.78, 5) is 0. The largest absolute Gasteiger partial charge is 0.389 e. The number of rotatable bonds is 6. The average Bonchev–Trinajstić information content (AvgIpc) is 2.87. The minimum absolute atomic E-state index is 0.336. The molecule has 18 heavy (non-hydrogen) atoms. The molecule has 3 atom stereocenters. The molecule has 1 saturated heterocycles. The normalized spacial score (nSPS) is 31.7. The van der Waals surface area contributed by atoms with Crippen LogP contribution in [0.1, 0.15) is 45.4 Å². The van der Waals surface area contributed by atoms with Gasteiger partial charge in [0.2, 0.25) is 0 Å². The maximum atomic E-state index is 9.89. The van der Waals surface area contributed by atoms with Crippen LogP contribution in [0, 0.1) is 0 Å². The van der Waals surface area contributed by atoms with Gasteiger partial charge in [0.05, 0.1) is 24.9 Å². The smallest absolute Gasteiger partial charge is 0.0897 e. The Labute approximate surface area is 110 Å². The third kappa shape index (κ3) is 4.84. The van der Waals surface area contributed by atoms with Crippen molar-refractivity contribution in [1.29, 1.82) is 0 Å². The summed E-state index contributed by atoms with van der Waals surface area (Å²) < 4.78 is 11.2. The van der Waals surface area contributed by atoms with Gasteiger partial charge in [0.25, 0.3) is 0 Å². The van der Waals surface area contributed by atoms with E-state index in [4.69, 9.17) is 9.47 Å². The molecule has 0 bridgehead atoms. The molecular weight excluding hydrogens is 230 g/mol. The average molecular weight is 257 g/mol. The van der Waals surface area contributed by atoms with Crippen molar-refractivity contribution >= 4 is 0 Å². The Hall–Kier alpha value is -0.160. The van der Waals surface area contributed by atoms with Gasteiger partial charge in [-0.1, -0.05) is 12.8 Å². The number of ether oxygens (including phenoxy) is 2. The van der Waals surface area contributed by atoms with E-state index in [9.17, 15) is 5.11 Å². The summed E-state index contributed by atoms with van der Waals surface area (Å²) in [7, 11) is 0. The number of hydrogen-bond donors (Lipinski definition) is 2. The van der Waals surface area contributed by atoms with Crippen molar-refractivity contribution in [2.75, 3.05) is 19.8 Å². The molecule has 0 aromatic heterocycles. The van der Waals surface area contributed by atoms with E-state index in [2.05, 4.69) is 12.2 Å². The van der Waals surface area contributed by atoms with Gasteiger partial charge in [0.1, 0.15) is 0 Å². The van der Waals surface area contributed by atoms with Crippen LogP contribution in [0.3, 0.4) is 0 Å². The summed E-state index contributed by atoms with van der Waals surface area (Å²) in [5.41, 5.74) is 0. The molecule has 0 aromatic carbocycles. The van der Waals surface area contributed by atoms with Crippen LogP contribution in [0.2, 0.25) is 0 Å². The number of aliphatic hydroxyl groups is 1. The van der Waals surface area contributed by atoms with Crippen LogP contribution < -0.4 is 5.32 Å². The van der Waals surface area contributed by atoms with Gasteiger partial charge in [-0.2, -0.15) is 0 Å². The van der Waals surface area contributed by atoms with E-state index in [1.54, 1.807) is 0 Å². The molecular formula is C14H27NO3. The third-order valence-electron chi connectivity index (χ3n) is 3.95. The maximum Gasteiger partial charge on any atom is 0.0897 e. The molecule has 1 aliphatic carbocycles. The fourth-order valence-electron chi connectivity index (χ4n) is 2.85. The molecule has 0 amide bonds. The zero-order chi connectivity index (χ0) is 12.8. The number of hydrogen-bond acceptors (Lipinski definition) is 4. The molecule has 4 heteroatoms. The Morgan fingerprint density at radius 3 is 2.83 bits per heavy atom. The fourth-order valence-corrected chi connectivity index (χ4v) is 2.85. The van der Waals surface area contributed by atoms with E-state index < -0.39 is 0 Å². The Morgan fingerprint density at radius 1 is 1.33 bits per heavy atom. The molecule has 3 unspecified atom stereocenters. The van der Waals surface area contributed by atoms with Crippen molar-refractivity contribution in [2.45, 2.75) is 69.8 Å². The van der Waals surface area contributed by atoms with Gasteiger partial charge in [0.15, 0.2) is 0 Å². The molecule has 0 radical (unpaired) electrons. The van der Waals surface area contributed by atoms with Crippen molar-refractivity contribution in [2.24, 2.45) is 0 Å². The van der Waals surface area contributed by atoms with Gasteiger partial charge < -0.3 is 19.9 Å². The Bertz CT molecular complexity index is 231. The van der Waals surface area contributed by atoms with Crippen LogP contribution in [-0.4, -0.2) is 49.2 Å². The zero-order valence-electron chi connectivity index (χ0n) is 11.4. The zero-order valence-corrected chi connectivity index (χ0v) is 11.4. The monoisotopic (exact) mass is 257 g/mol. The van der Waals surface area contributed by atoms with Crippen molar-refractivity contribution in [3.8, 4) is 0 Å². The molecule has 1 saturated carbocycles. The Morgan fingerprint density at radius 2 is 2.11 bits per heavy atom. The van der Waals surface area contributed by atoms with Crippen LogP contribution in [0.15, 0.2) is 0 Å². The van der Waals surface area contributed by atoms with Crippen molar-refractivity contribution < 1.29 is 14.6 Å². The molecule has 2 N–H and O–H groups in total. The van der Waals surface area contributed by atoms with E-state index in [0.717, 1.165) is 32.3 Å². The molecule has 0 spiro atoms. The predicted molar refractivity (Wildman–Crippen MR) is 70.7 cm³/mol. The number of nitrogens with one attached hydrogen (secondary N) is 1. The SMILES string of the molecule is CC1CC(NCC(O)COC2CCCC2)CCO1. The highest BCUT2D eigenvalue weighted by Crippen LogP contribution is 2.20. The second-order valence-corrected chi connectivity index (χ2v) is 5.70. The van der Waals surface area contributed by atoms with Crippen LogP contribution >= 0.6 is 0 Å². The summed E-state index contributed by atoms with van der Waals surface area (Å²) in [6.45, 7) is 4.03. The molecule has 0 aromatic rings. The molecule has 2 aliphatic rings.